The molecule has 0 aliphatic carbocycles. The number of primary amides is 1. The monoisotopic (exact) mass is 194 g/mol. The molecule has 0 spiro atoms. The minimum Gasteiger partial charge on any atom is -0.369 e. The highest BCUT2D eigenvalue weighted by Gasteiger charge is 2.01. The molecule has 14 heavy (non-hydrogen) atoms. The zero-order valence-corrected chi connectivity index (χ0v) is 8.08. The summed E-state index contributed by atoms with van der Waals surface area (Å²) in [5, 5.41) is 6.05. The van der Waals surface area contributed by atoms with Crippen LogP contribution in [0.5, 0.6) is 0 Å². The average molecular weight is 194 g/mol. The Kier molecular flexibility index (Phi) is 3.87. The third-order valence-corrected chi connectivity index (χ3v) is 1.68. The number of anilines is 1. The summed E-state index contributed by atoms with van der Waals surface area (Å²) in [6.07, 6.45) is 0. The van der Waals surface area contributed by atoms with Crippen molar-refractivity contribution < 1.29 is 4.79 Å². The van der Waals surface area contributed by atoms with Gasteiger partial charge < -0.3 is 16.4 Å². The number of carbonyl (C=O) groups excluding carboxylic acids is 1. The van der Waals surface area contributed by atoms with Crippen LogP contribution in [0, 0.1) is 0 Å². The molecule has 0 atom stereocenters. The zero-order valence-electron chi connectivity index (χ0n) is 8.08. The lowest BCUT2D eigenvalue weighted by atomic mass is 10.3. The SMILES string of the molecule is CNCCNc1cccc(C(N)=O)n1. The number of carbonyl (C=O) groups is 1. The minimum absolute atomic E-state index is 0.277. The number of hydrogen-bond acceptors (Lipinski definition) is 4. The molecule has 76 valence electrons. The first-order chi connectivity index (χ1) is 6.74. The maximum Gasteiger partial charge on any atom is 0.267 e. The summed E-state index contributed by atoms with van der Waals surface area (Å²) in [6, 6.07) is 5.13. The van der Waals surface area contributed by atoms with E-state index in [1.807, 2.05) is 7.05 Å². The van der Waals surface area contributed by atoms with Crippen molar-refractivity contribution in [3.63, 3.8) is 0 Å². The van der Waals surface area contributed by atoms with Gasteiger partial charge in [0.2, 0.25) is 0 Å². The van der Waals surface area contributed by atoms with E-state index in [0.29, 0.717) is 5.82 Å². The van der Waals surface area contributed by atoms with Crippen molar-refractivity contribution >= 4 is 11.7 Å². The number of hydrogen-bond donors (Lipinski definition) is 3. The molecular weight excluding hydrogens is 180 g/mol. The first-order valence-corrected chi connectivity index (χ1v) is 4.39. The lowest BCUT2D eigenvalue weighted by Crippen LogP contribution is -2.19. The largest absolute Gasteiger partial charge is 0.369 e. The maximum absolute atomic E-state index is 10.8. The predicted molar refractivity (Wildman–Crippen MR) is 55.2 cm³/mol. The first-order valence-electron chi connectivity index (χ1n) is 4.39. The molecule has 0 aliphatic heterocycles. The Morgan fingerprint density at radius 2 is 2.29 bits per heavy atom. The van der Waals surface area contributed by atoms with Crippen molar-refractivity contribution in [1.29, 1.82) is 0 Å². The van der Waals surface area contributed by atoms with Gasteiger partial charge in [0, 0.05) is 13.1 Å². The molecule has 0 radical (unpaired) electrons. The van der Waals surface area contributed by atoms with Crippen LogP contribution < -0.4 is 16.4 Å². The van der Waals surface area contributed by atoms with Crippen LogP contribution in [-0.2, 0) is 0 Å². The highest BCUT2D eigenvalue weighted by Crippen LogP contribution is 2.03. The molecule has 1 aromatic heterocycles. The Hall–Kier alpha value is -1.62. The summed E-state index contributed by atoms with van der Waals surface area (Å²) in [7, 11) is 1.87. The molecule has 0 unspecified atom stereocenters. The number of nitrogens with two attached hydrogens (primary N) is 1. The lowest BCUT2D eigenvalue weighted by Gasteiger charge is -2.05. The smallest absolute Gasteiger partial charge is 0.267 e. The van der Waals surface area contributed by atoms with E-state index >= 15 is 0 Å². The molecule has 1 amide bonds. The second-order valence-corrected chi connectivity index (χ2v) is 2.80. The fourth-order valence-electron chi connectivity index (χ4n) is 0.986. The van der Waals surface area contributed by atoms with E-state index in [-0.39, 0.29) is 5.69 Å². The fourth-order valence-corrected chi connectivity index (χ4v) is 0.986. The Bertz CT molecular complexity index is 313. The Balaban J connectivity index is 2.59. The third-order valence-electron chi connectivity index (χ3n) is 1.68. The first kappa shape index (κ1) is 10.5. The van der Waals surface area contributed by atoms with Gasteiger partial charge >= 0.3 is 0 Å². The second-order valence-electron chi connectivity index (χ2n) is 2.80. The number of rotatable bonds is 5. The van der Waals surface area contributed by atoms with Gasteiger partial charge in [-0.25, -0.2) is 4.98 Å². The molecule has 0 saturated carbocycles. The predicted octanol–water partition coefficient (Wildman–Crippen LogP) is -0.188. The zero-order chi connectivity index (χ0) is 10.4. The molecule has 0 bridgehead atoms. The van der Waals surface area contributed by atoms with Crippen LogP contribution in [0.4, 0.5) is 5.82 Å². The topological polar surface area (TPSA) is 80.0 Å². The number of nitrogens with zero attached hydrogens (tertiary/aromatic N) is 1. The standard InChI is InChI=1S/C9H14N4O/c1-11-5-6-12-8-4-2-3-7(13-8)9(10)14/h2-4,11H,5-6H2,1H3,(H2,10,14)(H,12,13). The van der Waals surface area contributed by atoms with Crippen LogP contribution >= 0.6 is 0 Å². The van der Waals surface area contributed by atoms with Crippen molar-refractivity contribution in [1.82, 2.24) is 10.3 Å². The highest BCUT2D eigenvalue weighted by atomic mass is 16.1. The van der Waals surface area contributed by atoms with E-state index in [1.54, 1.807) is 18.2 Å². The van der Waals surface area contributed by atoms with Gasteiger partial charge in [-0.15, -0.1) is 0 Å². The highest BCUT2D eigenvalue weighted by molar-refractivity contribution is 5.91. The van der Waals surface area contributed by atoms with Crippen LogP contribution in [0.15, 0.2) is 18.2 Å². The number of likely N-dealkylation sites (N-methyl/N-ethyl adjacent to an activating group) is 1. The van der Waals surface area contributed by atoms with Gasteiger partial charge in [-0.05, 0) is 19.2 Å². The molecule has 1 aromatic rings. The van der Waals surface area contributed by atoms with Crippen LogP contribution in [0.3, 0.4) is 0 Å². The van der Waals surface area contributed by atoms with Crippen LogP contribution in [0.2, 0.25) is 0 Å². The summed E-state index contributed by atoms with van der Waals surface area (Å²) in [4.78, 5) is 14.8. The van der Waals surface area contributed by atoms with E-state index < -0.39 is 5.91 Å². The fraction of sp³-hybridized carbons (Fsp3) is 0.333. The summed E-state index contributed by atoms with van der Waals surface area (Å²) in [5.41, 5.74) is 5.37. The van der Waals surface area contributed by atoms with Crippen molar-refractivity contribution in [3.05, 3.63) is 23.9 Å². The number of aromatic nitrogens is 1. The van der Waals surface area contributed by atoms with E-state index in [4.69, 9.17) is 5.73 Å². The van der Waals surface area contributed by atoms with Crippen molar-refractivity contribution in [3.8, 4) is 0 Å². The number of nitrogens with one attached hydrogen (secondary N) is 2. The molecule has 0 saturated heterocycles. The molecule has 1 heterocycles. The van der Waals surface area contributed by atoms with Gasteiger partial charge in [0.1, 0.15) is 11.5 Å². The Morgan fingerprint density at radius 3 is 2.93 bits per heavy atom. The van der Waals surface area contributed by atoms with Gasteiger partial charge in [0.15, 0.2) is 0 Å². The molecule has 5 heteroatoms. The van der Waals surface area contributed by atoms with Gasteiger partial charge in [-0.1, -0.05) is 6.07 Å². The Labute approximate surface area is 82.7 Å². The van der Waals surface area contributed by atoms with E-state index in [0.717, 1.165) is 13.1 Å². The summed E-state index contributed by atoms with van der Waals surface area (Å²) >= 11 is 0. The summed E-state index contributed by atoms with van der Waals surface area (Å²) in [5.74, 6) is 0.152. The second kappa shape index (κ2) is 5.18. The van der Waals surface area contributed by atoms with E-state index in [9.17, 15) is 4.79 Å². The van der Waals surface area contributed by atoms with Gasteiger partial charge in [-0.3, -0.25) is 4.79 Å². The quantitative estimate of drug-likeness (QED) is 0.568. The summed E-state index contributed by atoms with van der Waals surface area (Å²) < 4.78 is 0. The van der Waals surface area contributed by atoms with E-state index in [1.165, 1.54) is 0 Å². The van der Waals surface area contributed by atoms with Gasteiger partial charge in [-0.2, -0.15) is 0 Å². The summed E-state index contributed by atoms with van der Waals surface area (Å²) in [6.45, 7) is 1.59. The van der Waals surface area contributed by atoms with Crippen molar-refractivity contribution in [2.24, 2.45) is 5.73 Å². The van der Waals surface area contributed by atoms with Crippen LogP contribution in [0.25, 0.3) is 0 Å². The van der Waals surface area contributed by atoms with Crippen molar-refractivity contribution in [2.45, 2.75) is 0 Å². The molecule has 1 rings (SSSR count). The maximum atomic E-state index is 10.8. The third kappa shape index (κ3) is 3.02. The minimum atomic E-state index is -0.512. The van der Waals surface area contributed by atoms with Crippen molar-refractivity contribution in [2.75, 3.05) is 25.5 Å². The number of amides is 1. The van der Waals surface area contributed by atoms with Gasteiger partial charge in [0.05, 0.1) is 0 Å². The lowest BCUT2D eigenvalue weighted by molar-refractivity contribution is 0.0995. The molecule has 0 aliphatic rings. The molecular formula is C9H14N4O. The molecule has 0 aromatic carbocycles. The molecule has 0 fully saturated rings. The van der Waals surface area contributed by atoms with Crippen LogP contribution in [-0.4, -0.2) is 31.0 Å². The molecule has 4 N–H and O–H groups in total. The number of pyridine rings is 1. The Morgan fingerprint density at radius 1 is 1.50 bits per heavy atom. The van der Waals surface area contributed by atoms with Gasteiger partial charge in [0.25, 0.3) is 5.91 Å². The van der Waals surface area contributed by atoms with E-state index in [2.05, 4.69) is 15.6 Å². The average Bonchev–Trinajstić information content (AvgIpc) is 2.19. The van der Waals surface area contributed by atoms with Crippen LogP contribution in [0.1, 0.15) is 10.5 Å². The molecule has 5 nitrogen and oxygen atoms in total. The normalized spacial score (nSPS) is 9.79.